The summed E-state index contributed by atoms with van der Waals surface area (Å²) in [5.41, 5.74) is 0.562. The van der Waals surface area contributed by atoms with Gasteiger partial charge in [-0.3, -0.25) is 4.79 Å². The zero-order chi connectivity index (χ0) is 15.9. The van der Waals surface area contributed by atoms with Crippen LogP contribution >= 0.6 is 11.6 Å². The first-order valence-corrected chi connectivity index (χ1v) is 8.03. The number of carbonyl (C=O) groups excluding carboxylic acids is 2. The first kappa shape index (κ1) is 16.8. The van der Waals surface area contributed by atoms with Crippen LogP contribution in [0.3, 0.4) is 0 Å². The Hall–Kier alpha value is -1.59. The van der Waals surface area contributed by atoms with E-state index in [1.54, 1.807) is 29.6 Å². The molecule has 0 aromatic heterocycles. The summed E-state index contributed by atoms with van der Waals surface area (Å²) in [6, 6.07) is 6.19. The molecule has 0 radical (unpaired) electrons. The van der Waals surface area contributed by atoms with Crippen molar-refractivity contribution in [2.24, 2.45) is 0 Å². The van der Waals surface area contributed by atoms with Crippen LogP contribution in [0.4, 0.5) is 5.69 Å². The van der Waals surface area contributed by atoms with Gasteiger partial charge in [-0.25, -0.2) is 0 Å². The van der Waals surface area contributed by atoms with Gasteiger partial charge < -0.3 is 20.5 Å². The predicted octanol–water partition coefficient (Wildman–Crippen LogP) is 0.683. The Bertz CT molecular complexity index is 530. The van der Waals surface area contributed by atoms with E-state index in [1.165, 1.54) is 6.42 Å². The van der Waals surface area contributed by atoms with E-state index < -0.39 is 12.0 Å². The first-order chi connectivity index (χ1) is 10.5. The van der Waals surface area contributed by atoms with Crippen molar-refractivity contribution >= 4 is 29.2 Å². The summed E-state index contributed by atoms with van der Waals surface area (Å²) in [5.74, 6) is -1.53. The quantitative estimate of drug-likeness (QED) is 0.807. The molecule has 0 saturated heterocycles. The topological polar surface area (TPSA) is 85.8 Å². The lowest BCUT2D eigenvalue weighted by molar-refractivity contribution is -0.716. The Morgan fingerprint density at radius 1 is 1.32 bits per heavy atom. The van der Waals surface area contributed by atoms with E-state index >= 15 is 0 Å². The first-order valence-electron chi connectivity index (χ1n) is 7.66. The molecule has 0 heterocycles. The molecule has 1 atom stereocenters. The molecule has 1 saturated carbocycles. The highest BCUT2D eigenvalue weighted by Crippen LogP contribution is 2.16. The summed E-state index contributed by atoms with van der Waals surface area (Å²) in [7, 11) is 0. The average molecular weight is 325 g/mol. The van der Waals surface area contributed by atoms with Crippen molar-refractivity contribution in [2.45, 2.75) is 50.6 Å². The molecular formula is C16H21ClN2O3. The largest absolute Gasteiger partial charge is 0.544 e. The van der Waals surface area contributed by atoms with Gasteiger partial charge in [0.2, 0.25) is 5.91 Å². The van der Waals surface area contributed by atoms with Crippen molar-refractivity contribution in [3.8, 4) is 0 Å². The SMILES string of the molecule is O=C(C[C@H]([NH2+]C1CCCCC1)C(=O)[O-])Nc1cccc(Cl)c1. The van der Waals surface area contributed by atoms with Crippen molar-refractivity contribution in [1.29, 1.82) is 0 Å². The van der Waals surface area contributed by atoms with Gasteiger partial charge in [-0.05, 0) is 43.9 Å². The zero-order valence-electron chi connectivity index (χ0n) is 12.4. The molecule has 22 heavy (non-hydrogen) atoms. The number of rotatable bonds is 6. The van der Waals surface area contributed by atoms with E-state index in [9.17, 15) is 14.7 Å². The Morgan fingerprint density at radius 2 is 2.05 bits per heavy atom. The van der Waals surface area contributed by atoms with Crippen molar-refractivity contribution in [1.82, 2.24) is 0 Å². The minimum Gasteiger partial charge on any atom is -0.544 e. The van der Waals surface area contributed by atoms with E-state index in [4.69, 9.17) is 11.6 Å². The van der Waals surface area contributed by atoms with Crippen molar-refractivity contribution in [2.75, 3.05) is 5.32 Å². The maximum absolute atomic E-state index is 12.0. The summed E-state index contributed by atoms with van der Waals surface area (Å²) in [4.78, 5) is 23.3. The second kappa shape index (κ2) is 8.15. The molecule has 120 valence electrons. The Morgan fingerprint density at radius 3 is 2.68 bits per heavy atom. The zero-order valence-corrected chi connectivity index (χ0v) is 13.1. The maximum Gasteiger partial charge on any atom is 0.230 e. The highest BCUT2D eigenvalue weighted by molar-refractivity contribution is 6.30. The normalized spacial score (nSPS) is 17.0. The summed E-state index contributed by atoms with van der Waals surface area (Å²) < 4.78 is 0. The van der Waals surface area contributed by atoms with Gasteiger partial charge in [0, 0.05) is 10.7 Å². The number of carbonyl (C=O) groups is 2. The molecule has 1 aromatic carbocycles. The van der Waals surface area contributed by atoms with Gasteiger partial charge in [0.25, 0.3) is 0 Å². The number of nitrogens with one attached hydrogen (secondary N) is 1. The lowest BCUT2D eigenvalue weighted by Gasteiger charge is -2.25. The lowest BCUT2D eigenvalue weighted by Crippen LogP contribution is -2.98. The minimum absolute atomic E-state index is 0.106. The molecule has 3 N–H and O–H groups in total. The molecule has 1 aromatic rings. The number of hydrogen-bond acceptors (Lipinski definition) is 3. The van der Waals surface area contributed by atoms with Crippen LogP contribution in [0.25, 0.3) is 0 Å². The second-order valence-electron chi connectivity index (χ2n) is 5.78. The summed E-state index contributed by atoms with van der Waals surface area (Å²) in [5, 5.41) is 16.2. The third kappa shape index (κ3) is 5.31. The van der Waals surface area contributed by atoms with Crippen LogP contribution in [0.15, 0.2) is 24.3 Å². The number of nitrogens with two attached hydrogens (primary N) is 1. The highest BCUT2D eigenvalue weighted by atomic mass is 35.5. The van der Waals surface area contributed by atoms with Crippen LogP contribution in [-0.2, 0) is 9.59 Å². The molecule has 2 rings (SSSR count). The van der Waals surface area contributed by atoms with Gasteiger partial charge in [0.1, 0.15) is 6.04 Å². The van der Waals surface area contributed by atoms with Crippen LogP contribution < -0.4 is 15.7 Å². The molecule has 0 unspecified atom stereocenters. The number of benzene rings is 1. The number of halogens is 1. The maximum atomic E-state index is 12.0. The molecule has 0 bridgehead atoms. The van der Waals surface area contributed by atoms with Crippen LogP contribution in [0.5, 0.6) is 0 Å². The third-order valence-electron chi connectivity index (χ3n) is 3.97. The molecule has 5 nitrogen and oxygen atoms in total. The number of carboxylic acid groups (broad SMARTS) is 1. The number of quaternary nitrogens is 1. The molecule has 0 aliphatic heterocycles. The van der Waals surface area contributed by atoms with Gasteiger partial charge >= 0.3 is 0 Å². The lowest BCUT2D eigenvalue weighted by atomic mass is 9.94. The van der Waals surface area contributed by atoms with E-state index in [1.807, 2.05) is 0 Å². The molecule has 6 heteroatoms. The number of anilines is 1. The van der Waals surface area contributed by atoms with E-state index in [-0.39, 0.29) is 18.4 Å². The molecular weight excluding hydrogens is 304 g/mol. The molecule has 1 aliphatic carbocycles. The summed E-state index contributed by atoms with van der Waals surface area (Å²) in [6.45, 7) is 0. The van der Waals surface area contributed by atoms with Gasteiger partial charge in [-0.15, -0.1) is 0 Å². The van der Waals surface area contributed by atoms with Gasteiger partial charge in [-0.2, -0.15) is 0 Å². The Kier molecular flexibility index (Phi) is 6.21. The fraction of sp³-hybridized carbons (Fsp3) is 0.500. The number of aliphatic carboxylic acids is 1. The molecule has 0 spiro atoms. The second-order valence-corrected chi connectivity index (χ2v) is 6.22. The number of hydrogen-bond donors (Lipinski definition) is 2. The van der Waals surface area contributed by atoms with E-state index in [0.717, 1.165) is 25.7 Å². The van der Waals surface area contributed by atoms with Crippen molar-refractivity contribution in [3.05, 3.63) is 29.3 Å². The minimum atomic E-state index is -1.19. The van der Waals surface area contributed by atoms with Gasteiger partial charge in [-0.1, -0.05) is 24.1 Å². The standard InChI is InChI=1S/C16H21ClN2O3/c17-11-5-4-8-13(9-11)19-15(20)10-14(16(21)22)18-12-6-2-1-3-7-12/h4-5,8-9,12,14,18H,1-3,6-7,10H2,(H,19,20)(H,21,22)/t14-/m0/s1. The summed E-state index contributed by atoms with van der Waals surface area (Å²) in [6.07, 6.45) is 5.34. The van der Waals surface area contributed by atoms with E-state index in [0.29, 0.717) is 10.7 Å². The predicted molar refractivity (Wildman–Crippen MR) is 82.3 cm³/mol. The molecule has 1 amide bonds. The summed E-state index contributed by atoms with van der Waals surface area (Å²) >= 11 is 5.85. The fourth-order valence-electron chi connectivity index (χ4n) is 2.86. The molecule has 1 fully saturated rings. The monoisotopic (exact) mass is 324 g/mol. The Balaban J connectivity index is 1.89. The highest BCUT2D eigenvalue weighted by Gasteiger charge is 2.24. The molecule has 1 aliphatic rings. The number of amides is 1. The van der Waals surface area contributed by atoms with Crippen LogP contribution in [0.2, 0.25) is 5.02 Å². The van der Waals surface area contributed by atoms with Gasteiger partial charge in [0.05, 0.1) is 18.4 Å². The van der Waals surface area contributed by atoms with Gasteiger partial charge in [0.15, 0.2) is 0 Å². The van der Waals surface area contributed by atoms with Crippen LogP contribution in [0, 0.1) is 0 Å². The smallest absolute Gasteiger partial charge is 0.230 e. The van der Waals surface area contributed by atoms with Crippen molar-refractivity contribution in [3.63, 3.8) is 0 Å². The van der Waals surface area contributed by atoms with E-state index in [2.05, 4.69) is 5.32 Å². The van der Waals surface area contributed by atoms with Crippen LogP contribution in [0.1, 0.15) is 38.5 Å². The fourth-order valence-corrected chi connectivity index (χ4v) is 3.05. The van der Waals surface area contributed by atoms with Crippen LogP contribution in [-0.4, -0.2) is 24.0 Å². The third-order valence-corrected chi connectivity index (χ3v) is 4.21. The average Bonchev–Trinajstić information content (AvgIpc) is 2.47. The van der Waals surface area contributed by atoms with Crippen molar-refractivity contribution < 1.29 is 20.0 Å². The number of carboxylic acids is 1. The Labute approximate surface area is 135 Å².